The highest BCUT2D eigenvalue weighted by atomic mass is 32.2. The molecule has 4 rings (SSSR count). The number of thioether (sulfide) groups is 1. The Morgan fingerprint density at radius 1 is 1.43 bits per heavy atom. The molecule has 0 saturated carbocycles. The first-order chi connectivity index (χ1) is 13.6. The Morgan fingerprint density at radius 2 is 2.25 bits per heavy atom. The molecular weight excluding hydrogens is 394 g/mol. The molecule has 0 spiro atoms. The third-order valence-corrected chi connectivity index (χ3v) is 7.30. The second kappa shape index (κ2) is 8.13. The minimum absolute atomic E-state index is 0.0255. The van der Waals surface area contributed by atoms with Gasteiger partial charge in [-0.05, 0) is 57.2 Å². The fourth-order valence-electron chi connectivity index (χ4n) is 3.53. The quantitative estimate of drug-likeness (QED) is 0.488. The van der Waals surface area contributed by atoms with Crippen LogP contribution >= 0.6 is 23.1 Å². The molecule has 0 radical (unpaired) electrons. The summed E-state index contributed by atoms with van der Waals surface area (Å²) in [6, 6.07) is 3.61. The van der Waals surface area contributed by atoms with E-state index in [0.717, 1.165) is 29.5 Å². The molecule has 28 heavy (non-hydrogen) atoms. The summed E-state index contributed by atoms with van der Waals surface area (Å²) in [5, 5.41) is 3.90. The maximum atomic E-state index is 13.1. The summed E-state index contributed by atoms with van der Waals surface area (Å²) in [5.74, 6) is 0.601. The van der Waals surface area contributed by atoms with Gasteiger partial charge in [0.2, 0.25) is 5.91 Å². The van der Waals surface area contributed by atoms with Crippen molar-refractivity contribution in [1.82, 2.24) is 14.9 Å². The first-order valence-electron chi connectivity index (χ1n) is 9.60. The van der Waals surface area contributed by atoms with E-state index in [1.54, 1.807) is 28.2 Å². The topological polar surface area (TPSA) is 77.1 Å². The number of aryl methyl sites for hydroxylation is 2. The Hall–Kier alpha value is -2.06. The van der Waals surface area contributed by atoms with E-state index in [2.05, 4.69) is 5.32 Å². The molecule has 0 fully saturated rings. The van der Waals surface area contributed by atoms with Crippen molar-refractivity contribution in [3.63, 3.8) is 0 Å². The summed E-state index contributed by atoms with van der Waals surface area (Å²) in [4.78, 5) is 32.5. The lowest BCUT2D eigenvalue weighted by atomic mass is 9.97. The molecule has 1 aliphatic rings. The summed E-state index contributed by atoms with van der Waals surface area (Å²) in [6.07, 6.45) is 5.90. The lowest BCUT2D eigenvalue weighted by molar-refractivity contribution is -0.120. The zero-order valence-electron chi connectivity index (χ0n) is 16.0. The van der Waals surface area contributed by atoms with Gasteiger partial charge in [0.15, 0.2) is 5.16 Å². The van der Waals surface area contributed by atoms with Gasteiger partial charge in [0.25, 0.3) is 5.56 Å². The number of fused-ring (bicyclic) bond motifs is 3. The summed E-state index contributed by atoms with van der Waals surface area (Å²) >= 11 is 2.97. The van der Waals surface area contributed by atoms with Crippen LogP contribution in [-0.4, -0.2) is 20.7 Å². The van der Waals surface area contributed by atoms with Gasteiger partial charge in [0, 0.05) is 11.4 Å². The molecule has 0 aromatic carbocycles. The Morgan fingerprint density at radius 3 is 3.00 bits per heavy atom. The van der Waals surface area contributed by atoms with Gasteiger partial charge < -0.3 is 9.73 Å². The van der Waals surface area contributed by atoms with E-state index < -0.39 is 0 Å². The molecule has 1 aliphatic carbocycles. The molecule has 0 saturated heterocycles. The average molecular weight is 418 g/mol. The minimum Gasteiger partial charge on any atom is -0.467 e. The second-order valence-corrected chi connectivity index (χ2v) is 9.28. The summed E-state index contributed by atoms with van der Waals surface area (Å²) in [7, 11) is 0. The Kier molecular flexibility index (Phi) is 5.59. The van der Waals surface area contributed by atoms with Crippen LogP contribution in [-0.2, 0) is 30.7 Å². The second-order valence-electron chi connectivity index (χ2n) is 6.89. The maximum absolute atomic E-state index is 13.1. The number of furan rings is 1. The predicted octanol–water partition coefficient (Wildman–Crippen LogP) is 3.75. The summed E-state index contributed by atoms with van der Waals surface area (Å²) in [5.41, 5.74) is 1.23. The van der Waals surface area contributed by atoms with Crippen LogP contribution in [0.15, 0.2) is 32.8 Å². The van der Waals surface area contributed by atoms with Crippen LogP contribution in [0.2, 0.25) is 0 Å². The molecule has 0 unspecified atom stereocenters. The number of hydrogen-bond acceptors (Lipinski definition) is 6. The number of carbonyl (C=O) groups excluding carboxylic acids is 1. The molecule has 3 heterocycles. The number of carbonyl (C=O) groups is 1. The Balaban J connectivity index is 1.59. The number of nitrogens with one attached hydrogen (secondary N) is 1. The number of hydrogen-bond donors (Lipinski definition) is 1. The fraction of sp³-hybridized carbons (Fsp3) is 0.450. The van der Waals surface area contributed by atoms with Crippen molar-refractivity contribution in [1.29, 1.82) is 0 Å². The van der Waals surface area contributed by atoms with E-state index in [1.165, 1.54) is 28.6 Å². The highest BCUT2D eigenvalue weighted by Gasteiger charge is 2.24. The number of rotatable bonds is 6. The van der Waals surface area contributed by atoms with Crippen LogP contribution < -0.4 is 10.9 Å². The van der Waals surface area contributed by atoms with Gasteiger partial charge in [-0.1, -0.05) is 11.8 Å². The number of aromatic nitrogens is 2. The van der Waals surface area contributed by atoms with Crippen molar-refractivity contribution in [3.05, 3.63) is 45.0 Å². The van der Waals surface area contributed by atoms with Crippen LogP contribution in [0.25, 0.3) is 10.2 Å². The number of thiophene rings is 1. The van der Waals surface area contributed by atoms with E-state index >= 15 is 0 Å². The number of amides is 1. The average Bonchev–Trinajstić information content (AvgIpc) is 3.33. The molecule has 8 heteroatoms. The smallest absolute Gasteiger partial charge is 0.263 e. The monoisotopic (exact) mass is 417 g/mol. The van der Waals surface area contributed by atoms with Crippen LogP contribution in [0.1, 0.15) is 42.9 Å². The highest BCUT2D eigenvalue weighted by Crippen LogP contribution is 2.35. The third-order valence-electron chi connectivity index (χ3n) is 5.02. The van der Waals surface area contributed by atoms with Gasteiger partial charge >= 0.3 is 0 Å². The van der Waals surface area contributed by atoms with E-state index in [1.807, 2.05) is 19.9 Å². The van der Waals surface area contributed by atoms with E-state index in [9.17, 15) is 9.59 Å². The molecule has 3 aromatic heterocycles. The molecule has 1 atom stereocenters. The summed E-state index contributed by atoms with van der Waals surface area (Å²) in [6.45, 7) is 4.66. The molecular formula is C20H23N3O3S2. The largest absolute Gasteiger partial charge is 0.467 e. The van der Waals surface area contributed by atoms with E-state index in [4.69, 9.17) is 9.40 Å². The molecule has 148 valence electrons. The Bertz CT molecular complexity index is 1050. The van der Waals surface area contributed by atoms with Crippen LogP contribution in [0.5, 0.6) is 0 Å². The van der Waals surface area contributed by atoms with Crippen LogP contribution in [0.4, 0.5) is 0 Å². The molecule has 1 amide bonds. The number of nitrogens with zero attached hydrogens (tertiary/aromatic N) is 2. The maximum Gasteiger partial charge on any atom is 0.263 e. The van der Waals surface area contributed by atoms with Gasteiger partial charge in [-0.3, -0.25) is 14.2 Å². The van der Waals surface area contributed by atoms with Gasteiger partial charge in [-0.15, -0.1) is 11.3 Å². The van der Waals surface area contributed by atoms with Crippen molar-refractivity contribution in [3.8, 4) is 0 Å². The van der Waals surface area contributed by atoms with Gasteiger partial charge in [-0.2, -0.15) is 0 Å². The fourth-order valence-corrected chi connectivity index (χ4v) is 5.83. The first-order valence-corrected chi connectivity index (χ1v) is 11.3. The van der Waals surface area contributed by atoms with Crippen molar-refractivity contribution in [2.24, 2.45) is 0 Å². The van der Waals surface area contributed by atoms with Crippen molar-refractivity contribution >= 4 is 39.2 Å². The molecule has 0 aliphatic heterocycles. The highest BCUT2D eigenvalue weighted by molar-refractivity contribution is 8.00. The van der Waals surface area contributed by atoms with E-state index in [-0.39, 0.29) is 16.7 Å². The molecule has 3 aromatic rings. The SMILES string of the molecule is CCn1c(S[C@@H](C)C(=O)NCc2ccco2)nc2sc3c(c2c1=O)CCCC3. The van der Waals surface area contributed by atoms with Crippen molar-refractivity contribution < 1.29 is 9.21 Å². The van der Waals surface area contributed by atoms with Gasteiger partial charge in [-0.25, -0.2) is 4.98 Å². The van der Waals surface area contributed by atoms with Crippen LogP contribution in [0.3, 0.4) is 0 Å². The zero-order valence-corrected chi connectivity index (χ0v) is 17.6. The summed E-state index contributed by atoms with van der Waals surface area (Å²) < 4.78 is 6.94. The molecule has 6 nitrogen and oxygen atoms in total. The minimum atomic E-state index is -0.369. The molecule has 0 bridgehead atoms. The first kappa shape index (κ1) is 19.3. The van der Waals surface area contributed by atoms with Crippen molar-refractivity contribution in [2.75, 3.05) is 0 Å². The van der Waals surface area contributed by atoms with Gasteiger partial charge in [0.1, 0.15) is 10.6 Å². The standard InChI is InChI=1S/C20H23N3O3S2/c1-3-23-19(25)16-14-8-4-5-9-15(14)28-18(16)22-20(23)27-12(2)17(24)21-11-13-7-6-10-26-13/h6-7,10,12H,3-5,8-9,11H2,1-2H3,(H,21,24)/t12-/m0/s1. The normalized spacial score (nSPS) is 14.8. The zero-order chi connectivity index (χ0) is 19.7. The predicted molar refractivity (Wildman–Crippen MR) is 112 cm³/mol. The third kappa shape index (κ3) is 3.63. The van der Waals surface area contributed by atoms with Crippen LogP contribution in [0, 0.1) is 0 Å². The molecule has 1 N–H and O–H groups in total. The Labute approximate surface area is 171 Å². The van der Waals surface area contributed by atoms with E-state index in [0.29, 0.717) is 24.0 Å². The lowest BCUT2D eigenvalue weighted by Crippen LogP contribution is -2.31. The van der Waals surface area contributed by atoms with Gasteiger partial charge in [0.05, 0.1) is 23.4 Å². The lowest BCUT2D eigenvalue weighted by Gasteiger charge is -2.15. The van der Waals surface area contributed by atoms with Crippen molar-refractivity contribution in [2.45, 2.75) is 63.0 Å².